The Morgan fingerprint density at radius 2 is 2.33 bits per heavy atom. The van der Waals surface area contributed by atoms with E-state index in [-0.39, 0.29) is 5.56 Å². The molecule has 1 aromatic carbocycles. The summed E-state index contributed by atoms with van der Waals surface area (Å²) in [5.74, 6) is 0.775. The van der Waals surface area contributed by atoms with Crippen LogP contribution >= 0.6 is 0 Å². The molecule has 2 aromatic rings. The number of aromatic carboxylic acids is 1. The first kappa shape index (κ1) is 7.09. The second kappa shape index (κ2) is 2.48. The fraction of sp³-hybridized carbons (Fsp3) is 0. The van der Waals surface area contributed by atoms with Gasteiger partial charge in [0.1, 0.15) is 0 Å². The van der Waals surface area contributed by atoms with Crippen LogP contribution < -0.4 is 0 Å². The van der Waals surface area contributed by atoms with E-state index in [1.807, 2.05) is 6.07 Å². The van der Waals surface area contributed by atoms with Crippen LogP contribution in [-0.2, 0) is 0 Å². The molecule has 1 N–H and O–H groups in total. The zero-order chi connectivity index (χ0) is 8.55. The van der Waals surface area contributed by atoms with E-state index >= 15 is 0 Å². The van der Waals surface area contributed by atoms with Crippen molar-refractivity contribution in [1.82, 2.24) is 0 Å². The Kier molecular flexibility index (Phi) is 1.47. The molecule has 1 aromatic heterocycles. The molecule has 0 spiro atoms. The van der Waals surface area contributed by atoms with Gasteiger partial charge in [0.25, 0.3) is 0 Å². The summed E-state index contributed by atoms with van der Waals surface area (Å²) in [6.07, 6.45) is 0. The molecule has 0 fully saturated rings. The minimum atomic E-state index is -0.962. The number of fused-ring (bicyclic) bond motifs is 1. The van der Waals surface area contributed by atoms with E-state index < -0.39 is 5.97 Å². The van der Waals surface area contributed by atoms with Crippen molar-refractivity contribution in [3.8, 4) is 0 Å². The number of carboxylic acid groups (broad SMARTS) is 1. The van der Waals surface area contributed by atoms with Gasteiger partial charge in [0.05, 0.1) is 0 Å². The molecule has 0 saturated heterocycles. The van der Waals surface area contributed by atoms with E-state index in [0.717, 1.165) is 5.39 Å². The number of para-hydroxylation sites is 1. The average Bonchev–Trinajstić information content (AvgIpc) is 2.49. The maximum atomic E-state index is 10.7. The van der Waals surface area contributed by atoms with E-state index in [0.29, 0.717) is 5.58 Å². The van der Waals surface area contributed by atoms with Crippen LogP contribution in [-0.4, -0.2) is 18.2 Å². The van der Waals surface area contributed by atoms with Crippen LogP contribution in [0.4, 0.5) is 0 Å². The summed E-state index contributed by atoms with van der Waals surface area (Å²) in [6, 6.07) is 5.03. The Morgan fingerprint density at radius 1 is 1.50 bits per heavy atom. The first-order valence-electron chi connectivity index (χ1n) is 3.48. The van der Waals surface area contributed by atoms with Crippen molar-refractivity contribution in [3.05, 3.63) is 29.7 Å². The Bertz CT molecular complexity index is 433. The molecular formula is C8H5BO3. The molecule has 4 heteroatoms. The summed E-state index contributed by atoms with van der Waals surface area (Å²) in [4.78, 5) is 10.7. The molecule has 0 bridgehead atoms. The maximum absolute atomic E-state index is 10.7. The number of carbonyl (C=O) groups is 1. The molecule has 3 nitrogen and oxygen atoms in total. The Hall–Kier alpha value is -1.58. The van der Waals surface area contributed by atoms with Crippen molar-refractivity contribution in [2.45, 2.75) is 0 Å². The van der Waals surface area contributed by atoms with E-state index in [1.165, 1.54) is 13.2 Å². The number of hydrogen-bond donors (Lipinski definition) is 1. The number of hydrogen-bond acceptors (Lipinski definition) is 2. The van der Waals surface area contributed by atoms with Gasteiger partial charge in [0, 0.05) is 0 Å². The van der Waals surface area contributed by atoms with Gasteiger partial charge in [0.15, 0.2) is 0 Å². The molecule has 0 aliphatic carbocycles. The summed E-state index contributed by atoms with van der Waals surface area (Å²) in [7, 11) is 1.48. The molecule has 12 heavy (non-hydrogen) atoms. The van der Waals surface area contributed by atoms with E-state index in [2.05, 4.69) is 0 Å². The summed E-state index contributed by atoms with van der Waals surface area (Å²) < 4.78 is 5.03. The molecule has 0 saturated carbocycles. The quantitative estimate of drug-likeness (QED) is 0.686. The third kappa shape index (κ3) is 0.924. The first-order chi connectivity index (χ1) is 5.79. The van der Waals surface area contributed by atoms with Crippen LogP contribution in [0, 0.1) is 0 Å². The molecule has 0 aliphatic rings. The van der Waals surface area contributed by atoms with Gasteiger partial charge in [-0.05, 0) is 0 Å². The van der Waals surface area contributed by atoms with Crippen molar-refractivity contribution in [2.24, 2.45) is 0 Å². The molecule has 1 heterocycles. The van der Waals surface area contributed by atoms with E-state index in [4.69, 9.17) is 9.44 Å². The monoisotopic (exact) mass is 160 g/mol. The molecule has 0 unspecified atom stereocenters. The second-order valence-corrected chi connectivity index (χ2v) is 2.45. The van der Waals surface area contributed by atoms with Gasteiger partial charge in [-0.1, -0.05) is 0 Å². The molecular weight excluding hydrogens is 155 g/mol. The van der Waals surface area contributed by atoms with Crippen LogP contribution in [0.2, 0.25) is 0 Å². The standard InChI is InChI=1S/C8H5BO3/c10-8(11)6-3-1-2-5-4-9-12-7(5)6/h1-4H,(H,10,11). The summed E-state index contributed by atoms with van der Waals surface area (Å²) >= 11 is 0. The third-order valence-electron chi connectivity index (χ3n) is 1.71. The van der Waals surface area contributed by atoms with Gasteiger partial charge >= 0.3 is 68.0 Å². The van der Waals surface area contributed by atoms with Crippen LogP contribution in [0.1, 0.15) is 10.4 Å². The fourth-order valence-electron chi connectivity index (χ4n) is 1.16. The number of benzene rings is 1. The van der Waals surface area contributed by atoms with Gasteiger partial charge < -0.3 is 0 Å². The Labute approximate surface area is 68.9 Å². The molecule has 58 valence electrons. The van der Waals surface area contributed by atoms with Crippen LogP contribution in [0.5, 0.6) is 0 Å². The van der Waals surface area contributed by atoms with Gasteiger partial charge in [-0.25, -0.2) is 0 Å². The predicted octanol–water partition coefficient (Wildman–Crippen LogP) is 1.47. The Morgan fingerprint density at radius 3 is 3.08 bits per heavy atom. The van der Waals surface area contributed by atoms with Gasteiger partial charge in [0.2, 0.25) is 0 Å². The molecule has 0 amide bonds. The molecule has 0 atom stereocenters. The van der Waals surface area contributed by atoms with Gasteiger partial charge in [-0.15, -0.1) is 0 Å². The van der Waals surface area contributed by atoms with Gasteiger partial charge in [-0.3, -0.25) is 0 Å². The summed E-state index contributed by atoms with van der Waals surface area (Å²) in [5.41, 5.74) is 0.641. The minimum absolute atomic E-state index is 0.206. The first-order valence-corrected chi connectivity index (χ1v) is 3.48. The Balaban J connectivity index is 2.82. The topological polar surface area (TPSA) is 50.4 Å². The van der Waals surface area contributed by atoms with Crippen molar-refractivity contribution >= 4 is 24.1 Å². The van der Waals surface area contributed by atoms with Crippen LogP contribution in [0.3, 0.4) is 0 Å². The van der Waals surface area contributed by atoms with E-state index in [9.17, 15) is 4.79 Å². The van der Waals surface area contributed by atoms with Crippen molar-refractivity contribution in [1.29, 1.82) is 0 Å². The van der Waals surface area contributed by atoms with E-state index in [1.54, 1.807) is 12.0 Å². The average molecular weight is 160 g/mol. The second-order valence-electron chi connectivity index (χ2n) is 2.45. The molecule has 0 aliphatic heterocycles. The van der Waals surface area contributed by atoms with Crippen molar-refractivity contribution in [3.63, 3.8) is 0 Å². The third-order valence-corrected chi connectivity index (χ3v) is 1.71. The molecule has 0 radical (unpaired) electrons. The summed E-state index contributed by atoms with van der Waals surface area (Å²) in [6.45, 7) is 0. The zero-order valence-electron chi connectivity index (χ0n) is 6.15. The summed E-state index contributed by atoms with van der Waals surface area (Å²) in [5, 5.41) is 9.56. The van der Waals surface area contributed by atoms with Crippen LogP contribution in [0.25, 0.3) is 11.0 Å². The van der Waals surface area contributed by atoms with Gasteiger partial charge in [-0.2, -0.15) is 0 Å². The number of rotatable bonds is 1. The normalized spacial score (nSPS) is 10.0. The van der Waals surface area contributed by atoms with Crippen molar-refractivity contribution in [2.75, 3.05) is 0 Å². The van der Waals surface area contributed by atoms with Crippen molar-refractivity contribution < 1.29 is 14.2 Å². The predicted molar refractivity (Wildman–Crippen MR) is 44.5 cm³/mol. The fourth-order valence-corrected chi connectivity index (χ4v) is 1.16. The number of carboxylic acids is 1. The van der Waals surface area contributed by atoms with Crippen LogP contribution in [0.15, 0.2) is 28.5 Å². The molecule has 2 rings (SSSR count). The zero-order valence-corrected chi connectivity index (χ0v) is 6.15. The SMILES string of the molecule is O=C(O)c1cccc2cboc12.